The summed E-state index contributed by atoms with van der Waals surface area (Å²) in [7, 11) is -1.72. The molecule has 1 amide bonds. The highest BCUT2D eigenvalue weighted by Crippen LogP contribution is 2.31. The highest BCUT2D eigenvalue weighted by atomic mass is 32.2. The van der Waals surface area contributed by atoms with E-state index in [0.29, 0.717) is 41.3 Å². The number of carbonyl (C=O) groups is 1. The van der Waals surface area contributed by atoms with E-state index < -0.39 is 10.0 Å². The van der Waals surface area contributed by atoms with Gasteiger partial charge in [0.2, 0.25) is 10.0 Å². The molecule has 8 heteroatoms. The summed E-state index contributed by atoms with van der Waals surface area (Å²) in [5.74, 6) is 1.07. The summed E-state index contributed by atoms with van der Waals surface area (Å²) in [5, 5.41) is 3.80. The van der Waals surface area contributed by atoms with Crippen LogP contribution in [-0.4, -0.2) is 33.7 Å². The quantitative estimate of drug-likeness (QED) is 0.691. The van der Waals surface area contributed by atoms with E-state index in [1.54, 1.807) is 31.4 Å². The van der Waals surface area contributed by atoms with Gasteiger partial charge < -0.3 is 14.5 Å². The number of sulfonamides is 1. The minimum absolute atomic E-state index is 0.135. The Hall–Kier alpha value is -3.00. The SMILES string of the molecule is COc1cccc2cc(C(C)NC(=O)c3cccc(N4CCCS4(=O)=O)c3)oc12. The molecule has 1 aliphatic heterocycles. The van der Waals surface area contributed by atoms with E-state index in [2.05, 4.69) is 5.32 Å². The van der Waals surface area contributed by atoms with Crippen molar-refractivity contribution in [2.24, 2.45) is 0 Å². The lowest BCUT2D eigenvalue weighted by Gasteiger charge is -2.18. The van der Waals surface area contributed by atoms with Gasteiger partial charge in [0.15, 0.2) is 11.3 Å². The van der Waals surface area contributed by atoms with Gasteiger partial charge in [0.25, 0.3) is 5.91 Å². The van der Waals surface area contributed by atoms with Gasteiger partial charge in [-0.3, -0.25) is 9.10 Å². The molecule has 1 fully saturated rings. The summed E-state index contributed by atoms with van der Waals surface area (Å²) in [6, 6.07) is 13.8. The minimum atomic E-state index is -3.30. The van der Waals surface area contributed by atoms with Crippen molar-refractivity contribution in [3.8, 4) is 5.75 Å². The number of ether oxygens (including phenoxy) is 1. The first-order valence-corrected chi connectivity index (χ1v) is 11.0. The summed E-state index contributed by atoms with van der Waals surface area (Å²) in [6.45, 7) is 2.27. The van der Waals surface area contributed by atoms with Crippen LogP contribution in [0.1, 0.15) is 35.5 Å². The topological polar surface area (TPSA) is 88.9 Å². The molecule has 0 bridgehead atoms. The zero-order valence-corrected chi connectivity index (χ0v) is 17.0. The number of anilines is 1. The van der Waals surface area contributed by atoms with Crippen LogP contribution in [0.25, 0.3) is 11.0 Å². The number of benzene rings is 2. The lowest BCUT2D eigenvalue weighted by molar-refractivity contribution is 0.0935. The zero-order chi connectivity index (χ0) is 20.6. The van der Waals surface area contributed by atoms with Crippen molar-refractivity contribution >= 4 is 32.6 Å². The molecule has 2 aromatic carbocycles. The van der Waals surface area contributed by atoms with Crippen LogP contribution in [0.2, 0.25) is 0 Å². The molecule has 2 heterocycles. The average molecular weight is 414 g/mol. The number of hydrogen-bond acceptors (Lipinski definition) is 5. The summed E-state index contributed by atoms with van der Waals surface area (Å²) < 4.78 is 36.9. The predicted molar refractivity (Wildman–Crippen MR) is 111 cm³/mol. The Morgan fingerprint density at radius 3 is 2.72 bits per heavy atom. The summed E-state index contributed by atoms with van der Waals surface area (Å²) in [6.07, 6.45) is 0.589. The van der Waals surface area contributed by atoms with Gasteiger partial charge >= 0.3 is 0 Å². The van der Waals surface area contributed by atoms with E-state index in [1.165, 1.54) is 4.31 Å². The fourth-order valence-electron chi connectivity index (χ4n) is 3.51. The maximum Gasteiger partial charge on any atom is 0.251 e. The highest BCUT2D eigenvalue weighted by Gasteiger charge is 2.28. The Morgan fingerprint density at radius 2 is 2.00 bits per heavy atom. The molecule has 0 saturated carbocycles. The van der Waals surface area contributed by atoms with Crippen LogP contribution in [0.3, 0.4) is 0 Å². The standard InChI is InChI=1S/C21H22N2O5S/c1-14(19-13-15-6-4-9-18(27-2)20(15)28-19)22-21(24)16-7-3-8-17(12-16)23-10-5-11-29(23,25)26/h3-4,6-9,12-14H,5,10-11H2,1-2H3,(H,22,24). The van der Waals surface area contributed by atoms with E-state index in [1.807, 2.05) is 31.2 Å². The van der Waals surface area contributed by atoms with Crippen molar-refractivity contribution in [3.63, 3.8) is 0 Å². The van der Waals surface area contributed by atoms with Crippen LogP contribution in [-0.2, 0) is 10.0 Å². The van der Waals surface area contributed by atoms with E-state index in [9.17, 15) is 13.2 Å². The number of methoxy groups -OCH3 is 1. The first-order valence-electron chi connectivity index (χ1n) is 9.37. The fourth-order valence-corrected chi connectivity index (χ4v) is 5.07. The van der Waals surface area contributed by atoms with E-state index >= 15 is 0 Å². The fraction of sp³-hybridized carbons (Fsp3) is 0.286. The van der Waals surface area contributed by atoms with Gasteiger partial charge in [-0.05, 0) is 43.7 Å². The van der Waals surface area contributed by atoms with E-state index in [0.717, 1.165) is 5.39 Å². The number of nitrogens with one attached hydrogen (secondary N) is 1. The Labute approximate surface area is 169 Å². The van der Waals surface area contributed by atoms with Crippen molar-refractivity contribution < 1.29 is 22.4 Å². The largest absolute Gasteiger partial charge is 0.493 e. The maximum atomic E-state index is 12.7. The van der Waals surface area contributed by atoms with Gasteiger partial charge in [0.05, 0.1) is 24.6 Å². The molecular weight excluding hydrogens is 392 g/mol. The second kappa shape index (κ2) is 7.44. The molecule has 0 aliphatic carbocycles. The second-order valence-electron chi connectivity index (χ2n) is 7.01. The van der Waals surface area contributed by atoms with Gasteiger partial charge in [0.1, 0.15) is 5.76 Å². The Bertz CT molecular complexity index is 1170. The Balaban J connectivity index is 1.54. The number of nitrogens with zero attached hydrogens (tertiary/aromatic N) is 1. The van der Waals surface area contributed by atoms with Crippen molar-refractivity contribution in [1.82, 2.24) is 5.32 Å². The minimum Gasteiger partial charge on any atom is -0.493 e. The molecule has 0 spiro atoms. The monoisotopic (exact) mass is 414 g/mol. The van der Waals surface area contributed by atoms with Crippen LogP contribution in [0.4, 0.5) is 5.69 Å². The number of rotatable bonds is 5. The van der Waals surface area contributed by atoms with Crippen LogP contribution in [0, 0.1) is 0 Å². The summed E-state index contributed by atoms with van der Waals surface area (Å²) in [5.41, 5.74) is 1.54. The van der Waals surface area contributed by atoms with Crippen LogP contribution in [0.15, 0.2) is 52.9 Å². The third-order valence-electron chi connectivity index (χ3n) is 5.02. The van der Waals surface area contributed by atoms with Crippen LogP contribution in [0.5, 0.6) is 5.75 Å². The zero-order valence-electron chi connectivity index (χ0n) is 16.2. The molecule has 152 valence electrons. The molecule has 1 atom stereocenters. The molecular formula is C21H22N2O5S. The molecule has 0 radical (unpaired) electrons. The molecule has 4 rings (SSSR count). The van der Waals surface area contributed by atoms with Gasteiger partial charge in [-0.25, -0.2) is 8.42 Å². The molecule has 1 aromatic heterocycles. The molecule has 1 saturated heterocycles. The smallest absolute Gasteiger partial charge is 0.251 e. The summed E-state index contributed by atoms with van der Waals surface area (Å²) in [4.78, 5) is 12.7. The Kier molecular flexibility index (Phi) is 4.96. The van der Waals surface area contributed by atoms with E-state index in [-0.39, 0.29) is 17.7 Å². The van der Waals surface area contributed by atoms with Crippen LogP contribution >= 0.6 is 0 Å². The molecule has 1 aliphatic rings. The number of furan rings is 1. The average Bonchev–Trinajstić information content (AvgIpc) is 3.30. The van der Waals surface area contributed by atoms with Crippen molar-refractivity contribution in [2.75, 3.05) is 23.7 Å². The van der Waals surface area contributed by atoms with Crippen molar-refractivity contribution in [1.29, 1.82) is 0 Å². The van der Waals surface area contributed by atoms with Gasteiger partial charge in [0, 0.05) is 17.5 Å². The first kappa shape index (κ1) is 19.3. The highest BCUT2D eigenvalue weighted by molar-refractivity contribution is 7.93. The molecule has 1 unspecified atom stereocenters. The molecule has 1 N–H and O–H groups in total. The number of amides is 1. The lowest BCUT2D eigenvalue weighted by Crippen LogP contribution is -2.28. The van der Waals surface area contributed by atoms with Crippen molar-refractivity contribution in [3.05, 3.63) is 59.9 Å². The van der Waals surface area contributed by atoms with E-state index in [4.69, 9.17) is 9.15 Å². The first-order chi connectivity index (χ1) is 13.9. The summed E-state index contributed by atoms with van der Waals surface area (Å²) >= 11 is 0. The molecule has 7 nitrogen and oxygen atoms in total. The lowest BCUT2D eigenvalue weighted by atomic mass is 10.1. The van der Waals surface area contributed by atoms with Gasteiger partial charge in [-0.1, -0.05) is 18.2 Å². The van der Waals surface area contributed by atoms with Gasteiger partial charge in [-0.2, -0.15) is 0 Å². The third-order valence-corrected chi connectivity index (χ3v) is 6.89. The third kappa shape index (κ3) is 3.67. The number of fused-ring (bicyclic) bond motifs is 1. The number of hydrogen-bond donors (Lipinski definition) is 1. The normalized spacial score (nSPS) is 16.7. The predicted octanol–water partition coefficient (Wildman–Crippen LogP) is 3.47. The van der Waals surface area contributed by atoms with Gasteiger partial charge in [-0.15, -0.1) is 0 Å². The van der Waals surface area contributed by atoms with Crippen LogP contribution < -0.4 is 14.4 Å². The Morgan fingerprint density at radius 1 is 1.21 bits per heavy atom. The van der Waals surface area contributed by atoms with Crippen molar-refractivity contribution in [2.45, 2.75) is 19.4 Å². The molecule has 3 aromatic rings. The maximum absolute atomic E-state index is 12.7. The number of carbonyl (C=O) groups excluding carboxylic acids is 1. The number of para-hydroxylation sites is 1. The second-order valence-corrected chi connectivity index (χ2v) is 9.03. The molecule has 29 heavy (non-hydrogen) atoms.